The van der Waals surface area contributed by atoms with E-state index in [4.69, 9.17) is 0 Å². The lowest BCUT2D eigenvalue weighted by Gasteiger charge is -2.32. The molecule has 3 heterocycles. The van der Waals surface area contributed by atoms with E-state index in [2.05, 4.69) is 27.4 Å². The zero-order chi connectivity index (χ0) is 18.3. The molecule has 7 heteroatoms. The summed E-state index contributed by atoms with van der Waals surface area (Å²) in [4.78, 5) is 19.7. The third-order valence-electron chi connectivity index (χ3n) is 4.76. The van der Waals surface area contributed by atoms with Gasteiger partial charge in [-0.1, -0.05) is 0 Å². The number of nitrogens with one attached hydrogen (secondary N) is 2. The lowest BCUT2D eigenvalue weighted by molar-refractivity contribution is 0.0711. The Morgan fingerprint density at radius 2 is 2.08 bits per heavy atom. The topological polar surface area (TPSA) is 94.1 Å². The van der Waals surface area contributed by atoms with Gasteiger partial charge in [-0.15, -0.1) is 0 Å². The lowest BCUT2D eigenvalue weighted by atomic mass is 10.0. The van der Waals surface area contributed by atoms with E-state index in [0.717, 1.165) is 23.2 Å². The molecule has 26 heavy (non-hydrogen) atoms. The number of carbonyl (C=O) groups excluding carboxylic acids is 1. The quantitative estimate of drug-likeness (QED) is 0.657. The van der Waals surface area contributed by atoms with E-state index in [1.54, 1.807) is 24.3 Å². The number of piperazine rings is 1. The number of pyridine rings is 1. The summed E-state index contributed by atoms with van der Waals surface area (Å²) in [5.41, 5.74) is 3.47. The Bertz CT molecular complexity index is 964. The van der Waals surface area contributed by atoms with Crippen LogP contribution in [-0.2, 0) is 0 Å². The number of rotatable bonds is 2. The van der Waals surface area contributed by atoms with Gasteiger partial charge in [0.25, 0.3) is 5.91 Å². The van der Waals surface area contributed by atoms with Crippen LogP contribution in [0, 0.1) is 6.92 Å². The SMILES string of the molecule is Cc1n[nH]c2nc(-c3ccc(O)cc3)cc(C(=O)N3CCN[C@H](C)C3)c12. The van der Waals surface area contributed by atoms with Gasteiger partial charge in [-0.3, -0.25) is 9.89 Å². The fourth-order valence-electron chi connectivity index (χ4n) is 3.42. The largest absolute Gasteiger partial charge is 0.508 e. The van der Waals surface area contributed by atoms with Crippen LogP contribution in [0.1, 0.15) is 23.0 Å². The molecule has 0 saturated carbocycles. The Labute approximate surface area is 151 Å². The number of nitrogens with zero attached hydrogens (tertiary/aromatic N) is 3. The zero-order valence-electron chi connectivity index (χ0n) is 14.8. The van der Waals surface area contributed by atoms with Gasteiger partial charge in [-0.25, -0.2) is 4.98 Å². The molecule has 0 aliphatic carbocycles. The second kappa shape index (κ2) is 6.42. The van der Waals surface area contributed by atoms with E-state index in [9.17, 15) is 9.90 Å². The van der Waals surface area contributed by atoms with E-state index in [1.807, 2.05) is 17.9 Å². The molecule has 1 aromatic carbocycles. The maximum absolute atomic E-state index is 13.2. The molecular formula is C19H21N5O2. The molecule has 0 radical (unpaired) electrons. The average Bonchev–Trinajstić information content (AvgIpc) is 3.02. The Morgan fingerprint density at radius 3 is 2.81 bits per heavy atom. The van der Waals surface area contributed by atoms with Crippen molar-refractivity contribution in [2.45, 2.75) is 19.9 Å². The molecule has 1 amide bonds. The fraction of sp³-hybridized carbons (Fsp3) is 0.316. The molecule has 1 fully saturated rings. The Kier molecular flexibility index (Phi) is 4.08. The van der Waals surface area contributed by atoms with Gasteiger partial charge < -0.3 is 15.3 Å². The molecule has 1 atom stereocenters. The van der Waals surface area contributed by atoms with Crippen LogP contribution in [0.15, 0.2) is 30.3 Å². The predicted octanol–water partition coefficient (Wildman–Crippen LogP) is 2.07. The minimum absolute atomic E-state index is 0.00437. The van der Waals surface area contributed by atoms with Crippen LogP contribution >= 0.6 is 0 Å². The van der Waals surface area contributed by atoms with Crippen molar-refractivity contribution in [3.8, 4) is 17.0 Å². The molecule has 1 aliphatic rings. The van der Waals surface area contributed by atoms with Crippen LogP contribution in [0.4, 0.5) is 0 Å². The standard InChI is InChI=1S/C19H21N5O2/c1-11-10-24(8-7-20-11)19(26)15-9-16(13-3-5-14(25)6-4-13)21-18-17(15)12(2)22-23-18/h3-6,9,11,20,25H,7-8,10H2,1-2H3,(H,21,22,23)/t11-/m1/s1. The number of phenolic OH excluding ortho intramolecular Hbond substituents is 1. The zero-order valence-corrected chi connectivity index (χ0v) is 14.8. The number of aromatic hydroxyl groups is 1. The molecule has 3 aromatic rings. The van der Waals surface area contributed by atoms with E-state index in [0.29, 0.717) is 30.0 Å². The maximum Gasteiger partial charge on any atom is 0.254 e. The van der Waals surface area contributed by atoms with E-state index >= 15 is 0 Å². The number of aromatic amines is 1. The maximum atomic E-state index is 13.2. The molecule has 2 aromatic heterocycles. The number of amides is 1. The predicted molar refractivity (Wildman–Crippen MR) is 99.1 cm³/mol. The molecule has 1 aliphatic heterocycles. The summed E-state index contributed by atoms with van der Waals surface area (Å²) in [6, 6.07) is 8.89. The van der Waals surface area contributed by atoms with Crippen LogP contribution in [-0.4, -0.2) is 56.8 Å². The summed E-state index contributed by atoms with van der Waals surface area (Å²) in [5, 5.41) is 20.8. The molecule has 3 N–H and O–H groups in total. The van der Waals surface area contributed by atoms with E-state index in [1.165, 1.54) is 0 Å². The highest BCUT2D eigenvalue weighted by atomic mass is 16.3. The second-order valence-electron chi connectivity index (χ2n) is 6.74. The van der Waals surface area contributed by atoms with E-state index < -0.39 is 0 Å². The summed E-state index contributed by atoms with van der Waals surface area (Å²) in [5.74, 6) is 0.189. The monoisotopic (exact) mass is 351 g/mol. The van der Waals surface area contributed by atoms with Crippen molar-refractivity contribution in [1.29, 1.82) is 0 Å². The van der Waals surface area contributed by atoms with Crippen LogP contribution in [0.3, 0.4) is 0 Å². The lowest BCUT2D eigenvalue weighted by Crippen LogP contribution is -2.51. The first-order chi connectivity index (χ1) is 12.5. The third-order valence-corrected chi connectivity index (χ3v) is 4.76. The van der Waals surface area contributed by atoms with Gasteiger partial charge in [-0.05, 0) is 44.2 Å². The van der Waals surface area contributed by atoms with Gasteiger partial charge in [-0.2, -0.15) is 5.10 Å². The van der Waals surface area contributed by atoms with Gasteiger partial charge in [0.05, 0.1) is 22.3 Å². The van der Waals surface area contributed by atoms with Crippen LogP contribution in [0.25, 0.3) is 22.3 Å². The molecule has 0 spiro atoms. The van der Waals surface area contributed by atoms with Crippen molar-refractivity contribution in [2.24, 2.45) is 0 Å². The van der Waals surface area contributed by atoms with Gasteiger partial charge in [0.1, 0.15) is 5.75 Å². The summed E-state index contributed by atoms with van der Waals surface area (Å²) in [6.07, 6.45) is 0. The first kappa shape index (κ1) is 16.5. The molecule has 0 unspecified atom stereocenters. The van der Waals surface area contributed by atoms with Crippen LogP contribution < -0.4 is 5.32 Å². The number of aryl methyl sites for hydroxylation is 1. The van der Waals surface area contributed by atoms with Crippen molar-refractivity contribution in [1.82, 2.24) is 25.4 Å². The van der Waals surface area contributed by atoms with Crippen molar-refractivity contribution in [3.05, 3.63) is 41.6 Å². The number of carbonyl (C=O) groups is 1. The number of hydrogen-bond donors (Lipinski definition) is 3. The number of H-pyrrole nitrogens is 1. The first-order valence-corrected chi connectivity index (χ1v) is 8.70. The average molecular weight is 351 g/mol. The highest BCUT2D eigenvalue weighted by Crippen LogP contribution is 2.28. The van der Waals surface area contributed by atoms with Gasteiger partial charge in [0.15, 0.2) is 5.65 Å². The van der Waals surface area contributed by atoms with Gasteiger partial charge in [0.2, 0.25) is 0 Å². The summed E-state index contributed by atoms with van der Waals surface area (Å²) < 4.78 is 0. The summed E-state index contributed by atoms with van der Waals surface area (Å²) in [6.45, 7) is 6.09. The number of phenols is 1. The minimum Gasteiger partial charge on any atom is -0.508 e. The molecule has 134 valence electrons. The molecule has 0 bridgehead atoms. The van der Waals surface area contributed by atoms with Crippen molar-refractivity contribution in [3.63, 3.8) is 0 Å². The third kappa shape index (κ3) is 2.90. The highest BCUT2D eigenvalue weighted by Gasteiger charge is 2.25. The number of fused-ring (bicyclic) bond motifs is 1. The number of benzene rings is 1. The summed E-state index contributed by atoms with van der Waals surface area (Å²) >= 11 is 0. The number of hydrogen-bond acceptors (Lipinski definition) is 5. The Morgan fingerprint density at radius 1 is 1.31 bits per heavy atom. The minimum atomic E-state index is -0.00437. The molecule has 7 nitrogen and oxygen atoms in total. The van der Waals surface area contributed by atoms with Crippen LogP contribution in [0.2, 0.25) is 0 Å². The molecule has 1 saturated heterocycles. The van der Waals surface area contributed by atoms with Gasteiger partial charge in [0, 0.05) is 31.2 Å². The van der Waals surface area contributed by atoms with Crippen LogP contribution in [0.5, 0.6) is 5.75 Å². The molecule has 4 rings (SSSR count). The van der Waals surface area contributed by atoms with Crippen molar-refractivity contribution < 1.29 is 9.90 Å². The number of aromatic nitrogens is 3. The summed E-state index contributed by atoms with van der Waals surface area (Å²) in [7, 11) is 0. The van der Waals surface area contributed by atoms with Crippen molar-refractivity contribution >= 4 is 16.9 Å². The Hall–Kier alpha value is -2.93. The first-order valence-electron chi connectivity index (χ1n) is 8.70. The van der Waals surface area contributed by atoms with E-state index in [-0.39, 0.29) is 17.7 Å². The van der Waals surface area contributed by atoms with Gasteiger partial charge >= 0.3 is 0 Å². The van der Waals surface area contributed by atoms with Crippen molar-refractivity contribution in [2.75, 3.05) is 19.6 Å². The highest BCUT2D eigenvalue weighted by molar-refractivity contribution is 6.07. The normalized spacial score (nSPS) is 17.6. The fourth-order valence-corrected chi connectivity index (χ4v) is 3.42. The molecular weight excluding hydrogens is 330 g/mol. The Balaban J connectivity index is 1.82. The smallest absolute Gasteiger partial charge is 0.254 e. The second-order valence-corrected chi connectivity index (χ2v) is 6.74.